The Balaban J connectivity index is 2.24. The first kappa shape index (κ1) is 14.1. The number of hydrogen-bond acceptors (Lipinski definition) is 5. The molecule has 0 unspecified atom stereocenters. The molecule has 22 heavy (non-hydrogen) atoms. The lowest BCUT2D eigenvalue weighted by molar-refractivity contribution is -0.145. The number of rotatable bonds is 3. The first-order chi connectivity index (χ1) is 10.5. The molecule has 1 amide bonds. The molecule has 1 aliphatic heterocycles. The Bertz CT molecular complexity index is 895. The minimum absolute atomic E-state index is 0.170. The third-order valence-electron chi connectivity index (χ3n) is 3.48. The molecule has 0 saturated carbocycles. The monoisotopic (exact) mass is 303 g/mol. The SMILES string of the molecule is CCOC(=O)C[C@@H]1C(=O)Nc2cccc3[nH]c(=O)c(=O)n1c23. The van der Waals surface area contributed by atoms with Gasteiger partial charge < -0.3 is 15.0 Å². The maximum absolute atomic E-state index is 12.2. The van der Waals surface area contributed by atoms with E-state index in [2.05, 4.69) is 10.3 Å². The molecule has 8 nitrogen and oxygen atoms in total. The van der Waals surface area contributed by atoms with Gasteiger partial charge >= 0.3 is 17.1 Å². The number of para-hydroxylation sites is 1. The maximum atomic E-state index is 12.2. The molecule has 0 bridgehead atoms. The summed E-state index contributed by atoms with van der Waals surface area (Å²) < 4.78 is 5.90. The summed E-state index contributed by atoms with van der Waals surface area (Å²) in [5, 5.41) is 2.64. The standard InChI is InChI=1S/C14H13N3O5/c1-2-22-10(18)6-9-12(19)15-7-4-3-5-8-11(7)17(9)14(21)13(20)16-8/h3-5,9H,2,6H2,1H3,(H,15,19)(H,16,20)/t9-/m1/s1. The van der Waals surface area contributed by atoms with E-state index in [-0.39, 0.29) is 13.0 Å². The van der Waals surface area contributed by atoms with Crippen LogP contribution < -0.4 is 16.4 Å². The lowest BCUT2D eigenvalue weighted by Crippen LogP contribution is -2.45. The molecule has 2 heterocycles. The second kappa shape index (κ2) is 5.14. The van der Waals surface area contributed by atoms with Crippen LogP contribution in [0.4, 0.5) is 5.69 Å². The van der Waals surface area contributed by atoms with Gasteiger partial charge in [0.2, 0.25) is 5.91 Å². The number of carbonyl (C=O) groups excluding carboxylic acids is 2. The number of aromatic amines is 1. The van der Waals surface area contributed by atoms with Gasteiger partial charge in [0, 0.05) is 0 Å². The number of ether oxygens (including phenoxy) is 1. The molecule has 3 rings (SSSR count). The number of esters is 1. The molecule has 1 atom stereocenters. The van der Waals surface area contributed by atoms with E-state index in [1.807, 2.05) is 0 Å². The Hall–Kier alpha value is -2.90. The maximum Gasteiger partial charge on any atom is 0.317 e. The zero-order valence-corrected chi connectivity index (χ0v) is 11.7. The number of H-pyrrole nitrogens is 1. The molecule has 0 saturated heterocycles. The van der Waals surface area contributed by atoms with Gasteiger partial charge in [0.05, 0.1) is 29.7 Å². The van der Waals surface area contributed by atoms with E-state index < -0.39 is 29.0 Å². The van der Waals surface area contributed by atoms with Crippen molar-refractivity contribution in [2.24, 2.45) is 0 Å². The van der Waals surface area contributed by atoms with E-state index in [1.165, 1.54) is 0 Å². The van der Waals surface area contributed by atoms with Crippen LogP contribution in [0.15, 0.2) is 27.8 Å². The predicted octanol–water partition coefficient (Wildman–Crippen LogP) is 0.136. The number of anilines is 1. The average Bonchev–Trinajstić information content (AvgIpc) is 2.47. The van der Waals surface area contributed by atoms with Crippen LogP contribution >= 0.6 is 0 Å². The lowest BCUT2D eigenvalue weighted by atomic mass is 10.1. The molecule has 0 spiro atoms. The smallest absolute Gasteiger partial charge is 0.317 e. The van der Waals surface area contributed by atoms with Crippen LogP contribution in [0.25, 0.3) is 11.0 Å². The summed E-state index contributed by atoms with van der Waals surface area (Å²) >= 11 is 0. The van der Waals surface area contributed by atoms with Gasteiger partial charge in [-0.15, -0.1) is 0 Å². The van der Waals surface area contributed by atoms with Gasteiger partial charge in [-0.3, -0.25) is 23.7 Å². The highest BCUT2D eigenvalue weighted by atomic mass is 16.5. The summed E-state index contributed by atoms with van der Waals surface area (Å²) in [6.45, 7) is 1.81. The van der Waals surface area contributed by atoms with Crippen molar-refractivity contribution in [3.8, 4) is 0 Å². The fourth-order valence-corrected chi connectivity index (χ4v) is 2.58. The van der Waals surface area contributed by atoms with Gasteiger partial charge in [-0.25, -0.2) is 0 Å². The number of hydrogen-bond donors (Lipinski definition) is 2. The van der Waals surface area contributed by atoms with E-state index in [9.17, 15) is 19.2 Å². The average molecular weight is 303 g/mol. The molecule has 1 aromatic carbocycles. The summed E-state index contributed by atoms with van der Waals surface area (Å²) in [5.74, 6) is -1.14. The van der Waals surface area contributed by atoms with E-state index in [0.29, 0.717) is 16.7 Å². The molecule has 1 aromatic heterocycles. The minimum atomic E-state index is -1.11. The highest BCUT2D eigenvalue weighted by molar-refractivity contribution is 6.05. The summed E-state index contributed by atoms with van der Waals surface area (Å²) in [5.41, 5.74) is -0.495. The highest BCUT2D eigenvalue weighted by Crippen LogP contribution is 2.29. The Morgan fingerprint density at radius 1 is 1.32 bits per heavy atom. The predicted molar refractivity (Wildman–Crippen MR) is 77.7 cm³/mol. The van der Waals surface area contributed by atoms with Crippen LogP contribution in [0.2, 0.25) is 0 Å². The normalized spacial score (nSPS) is 16.4. The Kier molecular flexibility index (Phi) is 3.28. The Labute approximate surface area is 123 Å². The number of amides is 1. The van der Waals surface area contributed by atoms with Crippen LogP contribution in [-0.2, 0) is 14.3 Å². The van der Waals surface area contributed by atoms with E-state index in [1.54, 1.807) is 25.1 Å². The first-order valence-electron chi connectivity index (χ1n) is 6.77. The number of nitrogens with zero attached hydrogens (tertiary/aromatic N) is 1. The second-order valence-electron chi connectivity index (χ2n) is 4.85. The number of nitrogens with one attached hydrogen (secondary N) is 2. The number of benzene rings is 1. The Morgan fingerprint density at radius 2 is 2.09 bits per heavy atom. The molecular weight excluding hydrogens is 290 g/mol. The summed E-state index contributed by atoms with van der Waals surface area (Å²) in [7, 11) is 0. The molecule has 114 valence electrons. The molecule has 0 fully saturated rings. The molecular formula is C14H13N3O5. The third-order valence-corrected chi connectivity index (χ3v) is 3.48. The number of aromatic nitrogens is 2. The summed E-state index contributed by atoms with van der Waals surface area (Å²) in [6.07, 6.45) is -0.313. The fourth-order valence-electron chi connectivity index (χ4n) is 2.58. The van der Waals surface area contributed by atoms with Crippen molar-refractivity contribution in [2.75, 3.05) is 11.9 Å². The zero-order chi connectivity index (χ0) is 15.9. The molecule has 2 aromatic rings. The quantitative estimate of drug-likeness (QED) is 0.619. The van der Waals surface area contributed by atoms with Gasteiger partial charge in [0.15, 0.2) is 0 Å². The van der Waals surface area contributed by atoms with Crippen molar-refractivity contribution in [1.82, 2.24) is 9.55 Å². The van der Waals surface area contributed by atoms with E-state index >= 15 is 0 Å². The minimum Gasteiger partial charge on any atom is -0.466 e. The lowest BCUT2D eigenvalue weighted by Gasteiger charge is -2.26. The van der Waals surface area contributed by atoms with Crippen molar-refractivity contribution in [3.63, 3.8) is 0 Å². The van der Waals surface area contributed by atoms with Gasteiger partial charge in [0.1, 0.15) is 6.04 Å². The zero-order valence-electron chi connectivity index (χ0n) is 11.7. The van der Waals surface area contributed by atoms with Crippen LogP contribution in [0.1, 0.15) is 19.4 Å². The van der Waals surface area contributed by atoms with Crippen LogP contribution in [0.5, 0.6) is 0 Å². The molecule has 1 aliphatic rings. The molecule has 8 heteroatoms. The number of carbonyl (C=O) groups is 2. The largest absolute Gasteiger partial charge is 0.466 e. The van der Waals surface area contributed by atoms with Crippen molar-refractivity contribution in [1.29, 1.82) is 0 Å². The van der Waals surface area contributed by atoms with Crippen molar-refractivity contribution < 1.29 is 14.3 Å². The fraction of sp³-hybridized carbons (Fsp3) is 0.286. The Morgan fingerprint density at radius 3 is 2.82 bits per heavy atom. The van der Waals surface area contributed by atoms with Crippen LogP contribution in [-0.4, -0.2) is 28.0 Å². The van der Waals surface area contributed by atoms with Crippen LogP contribution in [0.3, 0.4) is 0 Å². The summed E-state index contributed by atoms with van der Waals surface area (Å²) in [4.78, 5) is 50.3. The van der Waals surface area contributed by atoms with Crippen molar-refractivity contribution >= 4 is 28.6 Å². The summed E-state index contributed by atoms with van der Waals surface area (Å²) in [6, 6.07) is 3.78. The highest BCUT2D eigenvalue weighted by Gasteiger charge is 2.32. The first-order valence-corrected chi connectivity index (χ1v) is 6.77. The molecule has 0 radical (unpaired) electrons. The molecule has 0 aliphatic carbocycles. The van der Waals surface area contributed by atoms with E-state index in [4.69, 9.17) is 4.74 Å². The molecule has 2 N–H and O–H groups in total. The van der Waals surface area contributed by atoms with Gasteiger partial charge in [-0.1, -0.05) is 6.07 Å². The van der Waals surface area contributed by atoms with Crippen molar-refractivity contribution in [3.05, 3.63) is 38.9 Å². The second-order valence-corrected chi connectivity index (χ2v) is 4.85. The van der Waals surface area contributed by atoms with Crippen LogP contribution in [0, 0.1) is 0 Å². The van der Waals surface area contributed by atoms with E-state index in [0.717, 1.165) is 4.57 Å². The third kappa shape index (κ3) is 2.09. The topological polar surface area (TPSA) is 110 Å². The van der Waals surface area contributed by atoms with Gasteiger partial charge in [0.25, 0.3) is 0 Å². The van der Waals surface area contributed by atoms with Gasteiger partial charge in [-0.05, 0) is 19.1 Å². The van der Waals surface area contributed by atoms with Gasteiger partial charge in [-0.2, -0.15) is 0 Å². The van der Waals surface area contributed by atoms with Crippen molar-refractivity contribution in [2.45, 2.75) is 19.4 Å².